The molecular weight excluding hydrogens is 234 g/mol. The maximum absolute atomic E-state index is 12.3. The van der Waals surface area contributed by atoms with Gasteiger partial charge in [-0.2, -0.15) is 0 Å². The predicted octanol–water partition coefficient (Wildman–Crippen LogP) is 3.37. The molecule has 0 spiro atoms. The first kappa shape index (κ1) is 12.4. The maximum Gasteiger partial charge on any atom is 0.245 e. The van der Waals surface area contributed by atoms with Gasteiger partial charge in [-0.25, -0.2) is 0 Å². The van der Waals surface area contributed by atoms with Crippen LogP contribution in [0.5, 0.6) is 0 Å². The molecule has 0 saturated carbocycles. The van der Waals surface area contributed by atoms with E-state index in [1.807, 2.05) is 35.2 Å². The summed E-state index contributed by atoms with van der Waals surface area (Å²) in [5, 5.41) is -0.545. The number of piperidine rings is 1. The van der Waals surface area contributed by atoms with Gasteiger partial charge in [-0.05, 0) is 31.7 Å². The van der Waals surface area contributed by atoms with Crippen molar-refractivity contribution in [1.82, 2.24) is 4.90 Å². The van der Waals surface area contributed by atoms with Crippen LogP contribution in [0.4, 0.5) is 0 Å². The minimum atomic E-state index is -0.545. The van der Waals surface area contributed by atoms with Gasteiger partial charge in [0.15, 0.2) is 0 Å². The van der Waals surface area contributed by atoms with E-state index in [9.17, 15) is 4.79 Å². The fourth-order valence-electron chi connectivity index (χ4n) is 2.34. The molecule has 1 fully saturated rings. The van der Waals surface area contributed by atoms with Gasteiger partial charge in [0.05, 0.1) is 0 Å². The van der Waals surface area contributed by atoms with Crippen molar-refractivity contribution in [2.24, 2.45) is 0 Å². The van der Waals surface area contributed by atoms with Crippen LogP contribution in [-0.4, -0.2) is 23.4 Å². The summed E-state index contributed by atoms with van der Waals surface area (Å²) in [6.07, 6.45) is 3.39. The van der Waals surface area contributed by atoms with E-state index in [-0.39, 0.29) is 5.91 Å². The molecule has 0 aliphatic carbocycles. The van der Waals surface area contributed by atoms with E-state index in [2.05, 4.69) is 6.92 Å². The Labute approximate surface area is 108 Å². The Hall–Kier alpha value is -1.02. The number of hydrogen-bond acceptors (Lipinski definition) is 1. The lowest BCUT2D eigenvalue weighted by atomic mass is 10.0. The SMILES string of the molecule is CC1CCCCN1C(=O)C(Cl)c1ccccc1. The Morgan fingerprint density at radius 2 is 2.06 bits per heavy atom. The lowest BCUT2D eigenvalue weighted by Crippen LogP contribution is -2.43. The van der Waals surface area contributed by atoms with E-state index < -0.39 is 5.38 Å². The van der Waals surface area contributed by atoms with Crippen LogP contribution in [0, 0.1) is 0 Å². The average molecular weight is 252 g/mol. The number of hydrogen-bond donors (Lipinski definition) is 0. The van der Waals surface area contributed by atoms with Crippen LogP contribution in [0.3, 0.4) is 0 Å². The third-order valence-corrected chi connectivity index (χ3v) is 3.83. The molecule has 17 heavy (non-hydrogen) atoms. The summed E-state index contributed by atoms with van der Waals surface area (Å²) in [5.41, 5.74) is 0.886. The zero-order chi connectivity index (χ0) is 12.3. The van der Waals surface area contributed by atoms with E-state index in [1.165, 1.54) is 6.42 Å². The van der Waals surface area contributed by atoms with Crippen LogP contribution in [0.25, 0.3) is 0 Å². The molecule has 1 aromatic carbocycles. The van der Waals surface area contributed by atoms with Crippen molar-refractivity contribution >= 4 is 17.5 Å². The summed E-state index contributed by atoms with van der Waals surface area (Å²) >= 11 is 6.26. The van der Waals surface area contributed by atoms with Crippen LogP contribution >= 0.6 is 11.6 Å². The molecule has 0 N–H and O–H groups in total. The van der Waals surface area contributed by atoms with Gasteiger partial charge in [-0.1, -0.05) is 30.3 Å². The van der Waals surface area contributed by atoms with Crippen molar-refractivity contribution in [3.63, 3.8) is 0 Å². The standard InChI is InChI=1S/C14H18ClNO/c1-11-7-5-6-10-16(11)14(17)13(15)12-8-3-2-4-9-12/h2-4,8-9,11,13H,5-7,10H2,1H3. The Morgan fingerprint density at radius 1 is 1.35 bits per heavy atom. The number of halogens is 1. The summed E-state index contributed by atoms with van der Waals surface area (Å²) in [4.78, 5) is 14.2. The van der Waals surface area contributed by atoms with Crippen molar-refractivity contribution in [2.75, 3.05) is 6.54 Å². The largest absolute Gasteiger partial charge is 0.338 e. The van der Waals surface area contributed by atoms with Crippen molar-refractivity contribution in [2.45, 2.75) is 37.6 Å². The number of carbonyl (C=O) groups excluding carboxylic acids is 1. The molecule has 0 radical (unpaired) electrons. The highest BCUT2D eigenvalue weighted by atomic mass is 35.5. The van der Waals surface area contributed by atoms with Crippen LogP contribution in [0.2, 0.25) is 0 Å². The van der Waals surface area contributed by atoms with E-state index in [0.29, 0.717) is 6.04 Å². The van der Waals surface area contributed by atoms with Gasteiger partial charge in [-0.15, -0.1) is 11.6 Å². The van der Waals surface area contributed by atoms with Crippen LogP contribution in [-0.2, 0) is 4.79 Å². The highest BCUT2D eigenvalue weighted by Gasteiger charge is 2.28. The van der Waals surface area contributed by atoms with E-state index in [0.717, 1.165) is 24.9 Å². The maximum atomic E-state index is 12.3. The molecule has 1 aromatic rings. The molecule has 1 aliphatic rings. The molecule has 1 heterocycles. The van der Waals surface area contributed by atoms with Gasteiger partial charge in [0.1, 0.15) is 5.38 Å². The molecular formula is C14H18ClNO. The number of alkyl halides is 1. The molecule has 2 unspecified atom stereocenters. The molecule has 0 bridgehead atoms. The number of carbonyl (C=O) groups is 1. The molecule has 2 nitrogen and oxygen atoms in total. The Kier molecular flexibility index (Phi) is 4.06. The monoisotopic (exact) mass is 251 g/mol. The van der Waals surface area contributed by atoms with Crippen molar-refractivity contribution in [3.05, 3.63) is 35.9 Å². The summed E-state index contributed by atoms with van der Waals surface area (Å²) in [7, 11) is 0. The fourth-order valence-corrected chi connectivity index (χ4v) is 2.61. The lowest BCUT2D eigenvalue weighted by molar-refractivity contribution is -0.134. The van der Waals surface area contributed by atoms with Crippen molar-refractivity contribution in [3.8, 4) is 0 Å². The Bertz CT molecular complexity index is 379. The van der Waals surface area contributed by atoms with Gasteiger partial charge >= 0.3 is 0 Å². The molecule has 3 heteroatoms. The highest BCUT2D eigenvalue weighted by molar-refractivity contribution is 6.30. The number of benzene rings is 1. The average Bonchev–Trinajstić information content (AvgIpc) is 2.39. The van der Waals surface area contributed by atoms with E-state index in [1.54, 1.807) is 0 Å². The van der Waals surface area contributed by atoms with Crippen LogP contribution in [0.1, 0.15) is 37.1 Å². The second-order valence-electron chi connectivity index (χ2n) is 4.65. The second-order valence-corrected chi connectivity index (χ2v) is 5.09. The molecule has 1 saturated heterocycles. The number of rotatable bonds is 2. The minimum Gasteiger partial charge on any atom is -0.338 e. The predicted molar refractivity (Wildman–Crippen MR) is 70.1 cm³/mol. The number of likely N-dealkylation sites (tertiary alicyclic amines) is 1. The summed E-state index contributed by atoms with van der Waals surface area (Å²) < 4.78 is 0. The lowest BCUT2D eigenvalue weighted by Gasteiger charge is -2.34. The zero-order valence-electron chi connectivity index (χ0n) is 10.1. The third-order valence-electron chi connectivity index (χ3n) is 3.40. The highest BCUT2D eigenvalue weighted by Crippen LogP contribution is 2.26. The van der Waals surface area contributed by atoms with E-state index >= 15 is 0 Å². The Morgan fingerprint density at radius 3 is 2.71 bits per heavy atom. The topological polar surface area (TPSA) is 20.3 Å². The number of amides is 1. The van der Waals surface area contributed by atoms with Crippen LogP contribution < -0.4 is 0 Å². The molecule has 2 rings (SSSR count). The second kappa shape index (κ2) is 5.54. The van der Waals surface area contributed by atoms with Gasteiger partial charge in [-0.3, -0.25) is 4.79 Å². The van der Waals surface area contributed by atoms with Gasteiger partial charge < -0.3 is 4.90 Å². The minimum absolute atomic E-state index is 0.0464. The zero-order valence-corrected chi connectivity index (χ0v) is 10.9. The van der Waals surface area contributed by atoms with Gasteiger partial charge in [0, 0.05) is 12.6 Å². The molecule has 1 amide bonds. The smallest absolute Gasteiger partial charge is 0.245 e. The number of nitrogens with zero attached hydrogens (tertiary/aromatic N) is 1. The molecule has 1 aliphatic heterocycles. The fraction of sp³-hybridized carbons (Fsp3) is 0.500. The van der Waals surface area contributed by atoms with Crippen LogP contribution in [0.15, 0.2) is 30.3 Å². The van der Waals surface area contributed by atoms with Gasteiger partial charge in [0.2, 0.25) is 5.91 Å². The normalized spacial score (nSPS) is 22.2. The molecule has 92 valence electrons. The van der Waals surface area contributed by atoms with Crippen molar-refractivity contribution < 1.29 is 4.79 Å². The summed E-state index contributed by atoms with van der Waals surface area (Å²) in [6.45, 7) is 2.95. The molecule has 2 atom stereocenters. The van der Waals surface area contributed by atoms with E-state index in [4.69, 9.17) is 11.6 Å². The Balaban J connectivity index is 2.09. The first-order valence-corrected chi connectivity index (χ1v) is 6.63. The quantitative estimate of drug-likeness (QED) is 0.738. The molecule has 0 aromatic heterocycles. The third kappa shape index (κ3) is 2.81. The first-order chi connectivity index (χ1) is 8.20. The van der Waals surface area contributed by atoms with Gasteiger partial charge in [0.25, 0.3) is 0 Å². The summed E-state index contributed by atoms with van der Waals surface area (Å²) in [6, 6.07) is 9.89. The summed E-state index contributed by atoms with van der Waals surface area (Å²) in [5.74, 6) is 0.0464. The first-order valence-electron chi connectivity index (χ1n) is 6.19. The van der Waals surface area contributed by atoms with Crippen molar-refractivity contribution in [1.29, 1.82) is 0 Å².